The molecule has 0 radical (unpaired) electrons. The Labute approximate surface area is 102 Å². The predicted octanol–water partition coefficient (Wildman–Crippen LogP) is 1.38. The maximum absolute atomic E-state index is 11.7. The molecule has 17 heavy (non-hydrogen) atoms. The van der Waals surface area contributed by atoms with Crippen LogP contribution in [0.4, 0.5) is 0 Å². The van der Waals surface area contributed by atoms with Gasteiger partial charge in [-0.1, -0.05) is 12.1 Å². The summed E-state index contributed by atoms with van der Waals surface area (Å²) >= 11 is 0. The van der Waals surface area contributed by atoms with Crippen LogP contribution in [0.1, 0.15) is 22.8 Å². The number of benzene rings is 1. The highest BCUT2D eigenvalue weighted by Crippen LogP contribution is 2.07. The van der Waals surface area contributed by atoms with Gasteiger partial charge >= 0.3 is 5.97 Å². The molecule has 0 saturated heterocycles. The summed E-state index contributed by atoms with van der Waals surface area (Å²) in [4.78, 5) is 11.7. The molecule has 4 nitrogen and oxygen atoms in total. The molecule has 0 spiro atoms. The number of hydrogen-bond acceptors (Lipinski definition) is 4. The molecule has 0 aliphatic heterocycles. The molecule has 0 heterocycles. The van der Waals surface area contributed by atoms with Crippen molar-refractivity contribution in [1.29, 1.82) is 0 Å². The fourth-order valence-electron chi connectivity index (χ4n) is 1.44. The molecule has 0 fully saturated rings. The second-order valence-corrected chi connectivity index (χ2v) is 3.57. The minimum absolute atomic E-state index is 0.286. The predicted molar refractivity (Wildman–Crippen MR) is 66.0 cm³/mol. The topological polar surface area (TPSA) is 61.5 Å². The first-order valence-electron chi connectivity index (χ1n) is 5.81. The SMILES string of the molecule is CCOCCOC(=O)c1cccc(CCN)c1. The monoisotopic (exact) mass is 237 g/mol. The van der Waals surface area contributed by atoms with Crippen LogP contribution in [0.15, 0.2) is 24.3 Å². The Morgan fingerprint density at radius 3 is 2.88 bits per heavy atom. The van der Waals surface area contributed by atoms with Gasteiger partial charge in [-0.15, -0.1) is 0 Å². The van der Waals surface area contributed by atoms with E-state index in [1.54, 1.807) is 6.07 Å². The van der Waals surface area contributed by atoms with Crippen LogP contribution in [0, 0.1) is 0 Å². The number of nitrogens with two attached hydrogens (primary N) is 1. The number of esters is 1. The van der Waals surface area contributed by atoms with Crippen LogP contribution >= 0.6 is 0 Å². The smallest absolute Gasteiger partial charge is 0.338 e. The molecule has 0 amide bonds. The van der Waals surface area contributed by atoms with Gasteiger partial charge < -0.3 is 15.2 Å². The van der Waals surface area contributed by atoms with Crippen LogP contribution in [-0.4, -0.2) is 32.3 Å². The standard InChI is InChI=1S/C13H19NO3/c1-2-16-8-9-17-13(15)12-5-3-4-11(10-12)6-7-14/h3-5,10H,2,6-9,14H2,1H3. The lowest BCUT2D eigenvalue weighted by atomic mass is 10.1. The van der Waals surface area contributed by atoms with Crippen molar-refractivity contribution in [2.45, 2.75) is 13.3 Å². The van der Waals surface area contributed by atoms with Crippen LogP contribution in [0.3, 0.4) is 0 Å². The zero-order chi connectivity index (χ0) is 12.5. The average molecular weight is 237 g/mol. The summed E-state index contributed by atoms with van der Waals surface area (Å²) in [6, 6.07) is 7.34. The van der Waals surface area contributed by atoms with Crippen LogP contribution in [0.5, 0.6) is 0 Å². The molecular weight excluding hydrogens is 218 g/mol. The highest BCUT2D eigenvalue weighted by molar-refractivity contribution is 5.89. The quantitative estimate of drug-likeness (QED) is 0.575. The molecule has 0 unspecified atom stereocenters. The largest absolute Gasteiger partial charge is 0.460 e. The van der Waals surface area contributed by atoms with Gasteiger partial charge in [0.1, 0.15) is 6.61 Å². The summed E-state index contributed by atoms with van der Waals surface area (Å²) in [6.45, 7) is 3.82. The molecule has 1 aromatic carbocycles. The van der Waals surface area contributed by atoms with Crippen molar-refractivity contribution in [3.63, 3.8) is 0 Å². The van der Waals surface area contributed by atoms with Crippen molar-refractivity contribution in [3.8, 4) is 0 Å². The van der Waals surface area contributed by atoms with E-state index in [-0.39, 0.29) is 12.6 Å². The van der Waals surface area contributed by atoms with Crippen molar-refractivity contribution in [3.05, 3.63) is 35.4 Å². The Morgan fingerprint density at radius 1 is 1.35 bits per heavy atom. The first-order valence-corrected chi connectivity index (χ1v) is 5.81. The van der Waals surface area contributed by atoms with Crippen LogP contribution in [0.25, 0.3) is 0 Å². The molecule has 0 aliphatic rings. The first kappa shape index (κ1) is 13.7. The summed E-state index contributed by atoms with van der Waals surface area (Å²) in [5, 5.41) is 0. The zero-order valence-electron chi connectivity index (χ0n) is 10.1. The van der Waals surface area contributed by atoms with E-state index in [1.165, 1.54) is 0 Å². The van der Waals surface area contributed by atoms with E-state index in [9.17, 15) is 4.79 Å². The Morgan fingerprint density at radius 2 is 2.18 bits per heavy atom. The van der Waals surface area contributed by atoms with Crippen molar-refractivity contribution in [1.82, 2.24) is 0 Å². The fourth-order valence-corrected chi connectivity index (χ4v) is 1.44. The summed E-state index contributed by atoms with van der Waals surface area (Å²) in [5.41, 5.74) is 7.08. The first-order chi connectivity index (χ1) is 8.27. The number of carbonyl (C=O) groups excluding carboxylic acids is 1. The Hall–Kier alpha value is -1.39. The van der Waals surface area contributed by atoms with E-state index in [2.05, 4.69) is 0 Å². The summed E-state index contributed by atoms with van der Waals surface area (Å²) < 4.78 is 10.2. The lowest BCUT2D eigenvalue weighted by molar-refractivity contribution is 0.0335. The van der Waals surface area contributed by atoms with Crippen molar-refractivity contribution < 1.29 is 14.3 Å². The van der Waals surface area contributed by atoms with Gasteiger partial charge in [0.25, 0.3) is 0 Å². The maximum atomic E-state index is 11.7. The van der Waals surface area contributed by atoms with Gasteiger partial charge in [-0.3, -0.25) is 0 Å². The minimum Gasteiger partial charge on any atom is -0.460 e. The van der Waals surface area contributed by atoms with Crippen LogP contribution in [-0.2, 0) is 15.9 Å². The zero-order valence-corrected chi connectivity index (χ0v) is 10.1. The highest BCUT2D eigenvalue weighted by Gasteiger charge is 2.07. The van der Waals surface area contributed by atoms with Crippen molar-refractivity contribution >= 4 is 5.97 Å². The average Bonchev–Trinajstić information content (AvgIpc) is 2.35. The number of ether oxygens (including phenoxy) is 2. The van der Waals surface area contributed by atoms with Gasteiger partial charge in [-0.2, -0.15) is 0 Å². The molecule has 0 aromatic heterocycles. The maximum Gasteiger partial charge on any atom is 0.338 e. The van der Waals surface area contributed by atoms with Crippen molar-refractivity contribution in [2.75, 3.05) is 26.4 Å². The molecule has 1 aromatic rings. The molecular formula is C13H19NO3. The molecule has 94 valence electrons. The molecule has 0 saturated carbocycles. The van der Waals surface area contributed by atoms with Crippen LogP contribution < -0.4 is 5.73 Å². The third-order valence-corrected chi connectivity index (χ3v) is 2.26. The van der Waals surface area contributed by atoms with Gasteiger partial charge in [0.2, 0.25) is 0 Å². The lowest BCUT2D eigenvalue weighted by Gasteiger charge is -2.06. The Bertz CT molecular complexity index is 352. The molecule has 4 heteroatoms. The fraction of sp³-hybridized carbons (Fsp3) is 0.462. The van der Waals surface area contributed by atoms with Crippen molar-refractivity contribution in [2.24, 2.45) is 5.73 Å². The number of rotatable bonds is 7. The molecule has 1 rings (SSSR count). The van der Waals surface area contributed by atoms with Crippen LogP contribution in [0.2, 0.25) is 0 Å². The Balaban J connectivity index is 2.47. The minimum atomic E-state index is -0.316. The second kappa shape index (κ2) is 7.81. The second-order valence-electron chi connectivity index (χ2n) is 3.57. The van der Waals surface area contributed by atoms with E-state index in [4.69, 9.17) is 15.2 Å². The number of carbonyl (C=O) groups is 1. The molecule has 0 aliphatic carbocycles. The lowest BCUT2D eigenvalue weighted by Crippen LogP contribution is -2.11. The third kappa shape index (κ3) is 4.97. The van der Waals surface area contributed by atoms with Gasteiger partial charge in [0.15, 0.2) is 0 Å². The summed E-state index contributed by atoms with van der Waals surface area (Å²) in [6.07, 6.45) is 0.764. The number of hydrogen-bond donors (Lipinski definition) is 1. The Kier molecular flexibility index (Phi) is 6.29. The van der Waals surface area contributed by atoms with Gasteiger partial charge in [-0.05, 0) is 37.6 Å². The highest BCUT2D eigenvalue weighted by atomic mass is 16.6. The molecule has 0 atom stereocenters. The molecule has 2 N–H and O–H groups in total. The summed E-state index contributed by atoms with van der Waals surface area (Å²) in [7, 11) is 0. The van der Waals surface area contributed by atoms with Gasteiger partial charge in [-0.25, -0.2) is 4.79 Å². The van der Waals surface area contributed by atoms with Gasteiger partial charge in [0.05, 0.1) is 12.2 Å². The van der Waals surface area contributed by atoms with E-state index >= 15 is 0 Å². The van der Waals surface area contributed by atoms with E-state index in [1.807, 2.05) is 25.1 Å². The third-order valence-electron chi connectivity index (χ3n) is 2.26. The normalized spacial score (nSPS) is 10.2. The van der Waals surface area contributed by atoms with E-state index in [0.29, 0.717) is 25.3 Å². The molecule has 0 bridgehead atoms. The van der Waals surface area contributed by atoms with E-state index in [0.717, 1.165) is 12.0 Å². The van der Waals surface area contributed by atoms with E-state index < -0.39 is 0 Å². The summed E-state index contributed by atoms with van der Waals surface area (Å²) in [5.74, 6) is -0.316. The van der Waals surface area contributed by atoms with Gasteiger partial charge in [0, 0.05) is 6.61 Å².